The van der Waals surface area contributed by atoms with E-state index in [2.05, 4.69) is 0 Å². The highest BCUT2D eigenvalue weighted by atomic mass is 32.2. The topological polar surface area (TPSA) is 89.3 Å². The van der Waals surface area contributed by atoms with Crippen LogP contribution in [0.1, 0.15) is 27.0 Å². The Balaban J connectivity index is 2.36. The third-order valence-corrected chi connectivity index (χ3v) is 4.77. The van der Waals surface area contributed by atoms with E-state index in [1.165, 1.54) is 37.3 Å². The largest absolute Gasteiger partial charge is 0.417 e. The minimum atomic E-state index is -4.79. The highest BCUT2D eigenvalue weighted by Gasteiger charge is 2.36. The van der Waals surface area contributed by atoms with Crippen LogP contribution in [-0.4, -0.2) is 14.3 Å². The summed E-state index contributed by atoms with van der Waals surface area (Å²) in [5, 5.41) is 0. The quantitative estimate of drug-likeness (QED) is 0.863. The number of carbonyl (C=O) groups excluding carboxylic acids is 1. The molecule has 0 aliphatic heterocycles. The molecule has 0 aliphatic carbocycles. The summed E-state index contributed by atoms with van der Waals surface area (Å²) in [6.07, 6.45) is -4.79. The molecule has 0 spiro atoms. The van der Waals surface area contributed by atoms with E-state index in [4.69, 9.17) is 5.73 Å². The van der Waals surface area contributed by atoms with Crippen molar-refractivity contribution in [1.29, 1.82) is 0 Å². The highest BCUT2D eigenvalue weighted by molar-refractivity contribution is 7.90. The van der Waals surface area contributed by atoms with Gasteiger partial charge in [-0.25, -0.2) is 13.1 Å². The van der Waals surface area contributed by atoms with Gasteiger partial charge in [-0.05, 0) is 36.8 Å². The first-order valence-electron chi connectivity index (χ1n) is 7.08. The summed E-state index contributed by atoms with van der Waals surface area (Å²) in [6.45, 7) is 1.64. The Bertz CT molecular complexity index is 892. The molecule has 2 aromatic rings. The first-order valence-corrected chi connectivity index (χ1v) is 8.57. The molecule has 3 N–H and O–H groups in total. The number of alkyl halides is 3. The van der Waals surface area contributed by atoms with Crippen molar-refractivity contribution in [2.45, 2.75) is 24.5 Å². The van der Waals surface area contributed by atoms with E-state index in [1.807, 2.05) is 0 Å². The van der Waals surface area contributed by atoms with Gasteiger partial charge < -0.3 is 5.73 Å². The Hall–Kier alpha value is -2.39. The van der Waals surface area contributed by atoms with Crippen molar-refractivity contribution in [2.24, 2.45) is 5.73 Å². The van der Waals surface area contributed by atoms with Crippen molar-refractivity contribution in [2.75, 3.05) is 0 Å². The van der Waals surface area contributed by atoms with E-state index in [-0.39, 0.29) is 11.4 Å². The maximum atomic E-state index is 13.1. The van der Waals surface area contributed by atoms with Gasteiger partial charge in [0.15, 0.2) is 0 Å². The van der Waals surface area contributed by atoms with Gasteiger partial charge in [0.25, 0.3) is 15.9 Å². The van der Waals surface area contributed by atoms with Crippen LogP contribution in [0.15, 0.2) is 47.4 Å². The van der Waals surface area contributed by atoms with Crippen LogP contribution in [-0.2, 0) is 22.7 Å². The van der Waals surface area contributed by atoms with Crippen molar-refractivity contribution in [1.82, 2.24) is 4.72 Å². The molecule has 0 atom stereocenters. The van der Waals surface area contributed by atoms with Gasteiger partial charge in [0.1, 0.15) is 0 Å². The molecule has 0 fully saturated rings. The second kappa shape index (κ2) is 6.85. The van der Waals surface area contributed by atoms with Crippen LogP contribution >= 0.6 is 0 Å². The molecule has 5 nitrogen and oxygen atoms in total. The Labute approximate surface area is 142 Å². The molecule has 0 saturated heterocycles. The van der Waals surface area contributed by atoms with E-state index < -0.39 is 33.2 Å². The third-order valence-electron chi connectivity index (χ3n) is 3.42. The van der Waals surface area contributed by atoms with Gasteiger partial charge in [-0.3, -0.25) is 4.79 Å². The minimum absolute atomic E-state index is 0.199. The SMILES string of the molecule is Cc1ccc(C(=O)NS(=O)(=O)c2ccc(CN)cc2)c(C(F)(F)F)c1. The van der Waals surface area contributed by atoms with Crippen molar-refractivity contribution >= 4 is 15.9 Å². The van der Waals surface area contributed by atoms with E-state index in [0.717, 1.165) is 12.1 Å². The van der Waals surface area contributed by atoms with Gasteiger partial charge in [-0.2, -0.15) is 13.2 Å². The first-order chi connectivity index (χ1) is 11.5. The van der Waals surface area contributed by atoms with Crippen LogP contribution < -0.4 is 10.5 Å². The lowest BCUT2D eigenvalue weighted by molar-refractivity contribution is -0.138. The number of halogens is 3. The highest BCUT2D eigenvalue weighted by Crippen LogP contribution is 2.32. The number of amides is 1. The molecule has 1 amide bonds. The third kappa shape index (κ3) is 4.37. The van der Waals surface area contributed by atoms with Gasteiger partial charge in [-0.15, -0.1) is 0 Å². The number of aryl methyl sites for hydroxylation is 1. The van der Waals surface area contributed by atoms with Crippen molar-refractivity contribution < 1.29 is 26.4 Å². The van der Waals surface area contributed by atoms with Crippen molar-refractivity contribution in [3.05, 3.63) is 64.7 Å². The van der Waals surface area contributed by atoms with E-state index in [9.17, 15) is 26.4 Å². The summed E-state index contributed by atoms with van der Waals surface area (Å²) in [5.74, 6) is -1.35. The molecule has 9 heteroatoms. The molecule has 0 heterocycles. The molecule has 134 valence electrons. The van der Waals surface area contributed by atoms with E-state index in [1.54, 1.807) is 4.72 Å². The summed E-state index contributed by atoms with van der Waals surface area (Å²) < 4.78 is 65.3. The number of rotatable bonds is 4. The number of sulfonamides is 1. The number of nitrogens with one attached hydrogen (secondary N) is 1. The first kappa shape index (κ1) is 18.9. The Morgan fingerprint density at radius 2 is 1.72 bits per heavy atom. The lowest BCUT2D eigenvalue weighted by Gasteiger charge is -2.14. The molecule has 0 unspecified atom stereocenters. The molecule has 0 saturated carbocycles. The van der Waals surface area contributed by atoms with Crippen LogP contribution in [0.5, 0.6) is 0 Å². The fourth-order valence-electron chi connectivity index (χ4n) is 2.13. The molecular formula is C16H15F3N2O3S. The lowest BCUT2D eigenvalue weighted by Crippen LogP contribution is -2.32. The van der Waals surface area contributed by atoms with Crippen LogP contribution in [0.3, 0.4) is 0 Å². The second-order valence-electron chi connectivity index (χ2n) is 5.33. The van der Waals surface area contributed by atoms with Crippen LogP contribution in [0.2, 0.25) is 0 Å². The Morgan fingerprint density at radius 3 is 2.24 bits per heavy atom. The van der Waals surface area contributed by atoms with Crippen molar-refractivity contribution in [3.63, 3.8) is 0 Å². The summed E-state index contributed by atoms with van der Waals surface area (Å²) in [4.78, 5) is 11.9. The van der Waals surface area contributed by atoms with Gasteiger partial charge in [-0.1, -0.05) is 23.8 Å². The van der Waals surface area contributed by atoms with Gasteiger partial charge in [0, 0.05) is 6.54 Å². The minimum Gasteiger partial charge on any atom is -0.326 e. The molecule has 0 aromatic heterocycles. The number of carbonyl (C=O) groups is 1. The van der Waals surface area contributed by atoms with E-state index >= 15 is 0 Å². The monoisotopic (exact) mass is 372 g/mol. The summed E-state index contributed by atoms with van der Waals surface area (Å²) in [6, 6.07) is 8.37. The van der Waals surface area contributed by atoms with Crippen molar-refractivity contribution in [3.8, 4) is 0 Å². The zero-order valence-corrected chi connectivity index (χ0v) is 13.9. The van der Waals surface area contributed by atoms with Gasteiger partial charge >= 0.3 is 6.18 Å². The summed E-state index contributed by atoms with van der Waals surface area (Å²) in [7, 11) is -4.31. The maximum absolute atomic E-state index is 13.1. The van der Waals surface area contributed by atoms with Crippen LogP contribution in [0, 0.1) is 6.92 Å². The number of benzene rings is 2. The average Bonchev–Trinajstić information content (AvgIpc) is 2.53. The van der Waals surface area contributed by atoms with Gasteiger partial charge in [0.2, 0.25) is 0 Å². The fourth-order valence-corrected chi connectivity index (χ4v) is 3.10. The predicted octanol–water partition coefficient (Wildman–Crippen LogP) is 2.59. The Morgan fingerprint density at radius 1 is 1.12 bits per heavy atom. The number of hydrogen-bond acceptors (Lipinski definition) is 4. The molecule has 0 bridgehead atoms. The zero-order chi connectivity index (χ0) is 18.8. The Kier molecular flexibility index (Phi) is 5.19. The molecular weight excluding hydrogens is 357 g/mol. The summed E-state index contributed by atoms with van der Waals surface area (Å²) in [5.41, 5.74) is 4.42. The van der Waals surface area contributed by atoms with Gasteiger partial charge in [0.05, 0.1) is 16.0 Å². The second-order valence-corrected chi connectivity index (χ2v) is 7.01. The average molecular weight is 372 g/mol. The molecule has 2 rings (SSSR count). The smallest absolute Gasteiger partial charge is 0.326 e. The van der Waals surface area contributed by atoms with Crippen LogP contribution in [0.4, 0.5) is 13.2 Å². The standard InChI is InChI=1S/C16H15F3N2O3S/c1-10-2-7-13(14(8-10)16(17,18)19)15(22)21-25(23,24)12-5-3-11(9-20)4-6-12/h2-8H,9,20H2,1H3,(H,21,22). The maximum Gasteiger partial charge on any atom is 0.417 e. The van der Waals surface area contributed by atoms with E-state index in [0.29, 0.717) is 11.1 Å². The molecule has 2 aromatic carbocycles. The van der Waals surface area contributed by atoms with Crippen LogP contribution in [0.25, 0.3) is 0 Å². The molecule has 25 heavy (non-hydrogen) atoms. The number of hydrogen-bond donors (Lipinski definition) is 2. The molecule has 0 radical (unpaired) electrons. The fraction of sp³-hybridized carbons (Fsp3) is 0.188. The summed E-state index contributed by atoms with van der Waals surface area (Å²) >= 11 is 0. The normalized spacial score (nSPS) is 12.0. The predicted molar refractivity (Wildman–Crippen MR) is 85.2 cm³/mol. The lowest BCUT2D eigenvalue weighted by atomic mass is 10.0. The molecule has 0 aliphatic rings. The zero-order valence-electron chi connectivity index (χ0n) is 13.1. The number of nitrogens with two attached hydrogens (primary N) is 1.